The molecule has 0 spiro atoms. The highest BCUT2D eigenvalue weighted by Crippen LogP contribution is 2.27. The lowest BCUT2D eigenvalue weighted by atomic mass is 10.0. The second-order valence-corrected chi connectivity index (χ2v) is 5.45. The number of allylic oxidation sites excluding steroid dienone is 1. The number of aryl methyl sites for hydroxylation is 1. The first-order chi connectivity index (χ1) is 8.29. The number of hydrogen-bond donors (Lipinski definition) is 1. The van der Waals surface area contributed by atoms with Crippen molar-refractivity contribution in [2.45, 2.75) is 52.0 Å². The summed E-state index contributed by atoms with van der Waals surface area (Å²) in [5.74, 6) is 0. The second-order valence-electron chi connectivity index (χ2n) is 4.50. The van der Waals surface area contributed by atoms with Crippen LogP contribution in [0.2, 0.25) is 0 Å². The molecule has 1 atom stereocenters. The highest BCUT2D eigenvalue weighted by Gasteiger charge is 2.13. The van der Waals surface area contributed by atoms with Gasteiger partial charge in [-0.25, -0.2) is 0 Å². The molecule has 1 aromatic heterocycles. The van der Waals surface area contributed by atoms with E-state index in [0.29, 0.717) is 6.04 Å². The SMILES string of the molecule is C=CCCCCCC(NCC)c1sccc1C. The summed E-state index contributed by atoms with van der Waals surface area (Å²) in [5, 5.41) is 5.81. The summed E-state index contributed by atoms with van der Waals surface area (Å²) in [7, 11) is 0. The van der Waals surface area contributed by atoms with Crippen molar-refractivity contribution in [3.63, 3.8) is 0 Å². The van der Waals surface area contributed by atoms with Crippen LogP contribution in [0.3, 0.4) is 0 Å². The van der Waals surface area contributed by atoms with Gasteiger partial charge in [-0.15, -0.1) is 17.9 Å². The molecular formula is C15H25NS. The summed E-state index contributed by atoms with van der Waals surface area (Å²) in [6.07, 6.45) is 8.34. The van der Waals surface area contributed by atoms with Crippen LogP contribution in [-0.4, -0.2) is 6.54 Å². The molecule has 0 fully saturated rings. The summed E-state index contributed by atoms with van der Waals surface area (Å²) >= 11 is 1.89. The van der Waals surface area contributed by atoms with Gasteiger partial charge in [-0.1, -0.05) is 25.8 Å². The van der Waals surface area contributed by atoms with E-state index in [-0.39, 0.29) is 0 Å². The van der Waals surface area contributed by atoms with Gasteiger partial charge in [0.1, 0.15) is 0 Å². The van der Waals surface area contributed by atoms with Gasteiger partial charge in [0.25, 0.3) is 0 Å². The molecule has 1 heterocycles. The maximum atomic E-state index is 3.76. The molecule has 1 nitrogen and oxygen atoms in total. The van der Waals surface area contributed by atoms with Crippen molar-refractivity contribution in [1.82, 2.24) is 5.32 Å². The Morgan fingerprint density at radius 1 is 1.41 bits per heavy atom. The Morgan fingerprint density at radius 3 is 2.82 bits per heavy atom. The predicted molar refractivity (Wildman–Crippen MR) is 78.8 cm³/mol. The first kappa shape index (κ1) is 14.5. The molecule has 0 aliphatic rings. The van der Waals surface area contributed by atoms with Crippen LogP contribution in [0.25, 0.3) is 0 Å². The standard InChI is InChI=1S/C15H25NS/c1-4-6-7-8-9-10-14(16-5-2)15-13(3)11-12-17-15/h4,11-12,14,16H,1,5-10H2,2-3H3. The molecule has 1 aromatic rings. The minimum Gasteiger partial charge on any atom is -0.310 e. The summed E-state index contributed by atoms with van der Waals surface area (Å²) < 4.78 is 0. The van der Waals surface area contributed by atoms with Gasteiger partial charge < -0.3 is 5.32 Å². The second kappa shape index (κ2) is 8.48. The molecule has 0 saturated carbocycles. The van der Waals surface area contributed by atoms with Gasteiger partial charge in [0.2, 0.25) is 0 Å². The largest absolute Gasteiger partial charge is 0.310 e. The van der Waals surface area contributed by atoms with Gasteiger partial charge in [0.05, 0.1) is 0 Å². The van der Waals surface area contributed by atoms with Crippen molar-refractivity contribution in [3.8, 4) is 0 Å². The Bertz CT molecular complexity index is 316. The molecule has 0 aromatic carbocycles. The molecule has 17 heavy (non-hydrogen) atoms. The van der Waals surface area contributed by atoms with E-state index in [9.17, 15) is 0 Å². The fourth-order valence-corrected chi connectivity index (χ4v) is 3.17. The Hall–Kier alpha value is -0.600. The minimum atomic E-state index is 0.559. The van der Waals surface area contributed by atoms with Crippen LogP contribution >= 0.6 is 11.3 Å². The van der Waals surface area contributed by atoms with Crippen LogP contribution in [0.4, 0.5) is 0 Å². The highest BCUT2D eigenvalue weighted by atomic mass is 32.1. The summed E-state index contributed by atoms with van der Waals surface area (Å²) in [4.78, 5) is 1.52. The third-order valence-electron chi connectivity index (χ3n) is 3.07. The molecule has 0 aliphatic heterocycles. The van der Waals surface area contributed by atoms with Crippen LogP contribution in [-0.2, 0) is 0 Å². The van der Waals surface area contributed by atoms with Gasteiger partial charge in [-0.05, 0) is 49.7 Å². The average molecular weight is 251 g/mol. The zero-order chi connectivity index (χ0) is 12.5. The van der Waals surface area contributed by atoms with Crippen molar-refractivity contribution in [1.29, 1.82) is 0 Å². The van der Waals surface area contributed by atoms with Crippen molar-refractivity contribution in [3.05, 3.63) is 34.5 Å². The van der Waals surface area contributed by atoms with E-state index in [4.69, 9.17) is 0 Å². The number of hydrogen-bond acceptors (Lipinski definition) is 2. The average Bonchev–Trinajstić information content (AvgIpc) is 2.74. The van der Waals surface area contributed by atoms with Gasteiger partial charge in [-0.2, -0.15) is 0 Å². The lowest BCUT2D eigenvalue weighted by molar-refractivity contribution is 0.488. The maximum absolute atomic E-state index is 3.76. The van der Waals surface area contributed by atoms with Crippen LogP contribution < -0.4 is 5.32 Å². The summed E-state index contributed by atoms with van der Waals surface area (Å²) in [6, 6.07) is 2.78. The van der Waals surface area contributed by atoms with Crippen LogP contribution in [0.1, 0.15) is 55.5 Å². The van der Waals surface area contributed by atoms with E-state index in [2.05, 4.69) is 37.2 Å². The molecule has 0 amide bonds. The van der Waals surface area contributed by atoms with Crippen molar-refractivity contribution >= 4 is 11.3 Å². The zero-order valence-corrected chi connectivity index (χ0v) is 12.0. The normalized spacial score (nSPS) is 12.6. The van der Waals surface area contributed by atoms with E-state index >= 15 is 0 Å². The van der Waals surface area contributed by atoms with Gasteiger partial charge >= 0.3 is 0 Å². The molecular weight excluding hydrogens is 226 g/mol. The zero-order valence-electron chi connectivity index (χ0n) is 11.2. The Kier molecular flexibility index (Phi) is 7.22. The molecule has 0 aliphatic carbocycles. The molecule has 1 rings (SSSR count). The monoisotopic (exact) mass is 251 g/mol. The molecule has 0 radical (unpaired) electrons. The molecule has 0 bridgehead atoms. The van der Waals surface area contributed by atoms with Crippen LogP contribution in [0.5, 0.6) is 0 Å². The molecule has 1 unspecified atom stereocenters. The summed E-state index contributed by atoms with van der Waals surface area (Å²) in [5.41, 5.74) is 1.44. The molecule has 2 heteroatoms. The summed E-state index contributed by atoms with van der Waals surface area (Å²) in [6.45, 7) is 9.22. The Balaban J connectivity index is 2.39. The van der Waals surface area contributed by atoms with Crippen LogP contribution in [0.15, 0.2) is 24.1 Å². The molecule has 96 valence electrons. The van der Waals surface area contributed by atoms with E-state index in [1.54, 1.807) is 0 Å². The van der Waals surface area contributed by atoms with Gasteiger partial charge in [0, 0.05) is 10.9 Å². The number of unbranched alkanes of at least 4 members (excludes halogenated alkanes) is 3. The number of rotatable bonds is 9. The van der Waals surface area contributed by atoms with Crippen LogP contribution in [0, 0.1) is 6.92 Å². The minimum absolute atomic E-state index is 0.559. The van der Waals surface area contributed by atoms with E-state index in [1.807, 2.05) is 17.4 Å². The van der Waals surface area contributed by atoms with E-state index in [1.165, 1.54) is 36.1 Å². The molecule has 1 N–H and O–H groups in total. The predicted octanol–water partition coefficient (Wildman–Crippen LogP) is 4.84. The van der Waals surface area contributed by atoms with Crippen molar-refractivity contribution in [2.75, 3.05) is 6.54 Å². The van der Waals surface area contributed by atoms with E-state index < -0.39 is 0 Å². The topological polar surface area (TPSA) is 12.0 Å². The fourth-order valence-electron chi connectivity index (χ4n) is 2.13. The lowest BCUT2D eigenvalue weighted by Gasteiger charge is -2.17. The highest BCUT2D eigenvalue weighted by molar-refractivity contribution is 7.10. The van der Waals surface area contributed by atoms with Gasteiger partial charge in [0.15, 0.2) is 0 Å². The first-order valence-corrected chi connectivity index (χ1v) is 7.55. The number of thiophene rings is 1. The third kappa shape index (κ3) is 5.05. The van der Waals surface area contributed by atoms with Crippen molar-refractivity contribution < 1.29 is 0 Å². The smallest absolute Gasteiger partial charge is 0.0417 e. The third-order valence-corrected chi connectivity index (χ3v) is 4.20. The first-order valence-electron chi connectivity index (χ1n) is 6.67. The van der Waals surface area contributed by atoms with E-state index in [0.717, 1.165) is 13.0 Å². The number of nitrogens with one attached hydrogen (secondary N) is 1. The quantitative estimate of drug-likeness (QED) is 0.489. The maximum Gasteiger partial charge on any atom is 0.0417 e. The van der Waals surface area contributed by atoms with Crippen molar-refractivity contribution in [2.24, 2.45) is 0 Å². The fraction of sp³-hybridized carbons (Fsp3) is 0.600. The molecule has 0 saturated heterocycles. The Morgan fingerprint density at radius 2 is 2.24 bits per heavy atom. The van der Waals surface area contributed by atoms with Gasteiger partial charge in [-0.3, -0.25) is 0 Å². The lowest BCUT2D eigenvalue weighted by Crippen LogP contribution is -2.20. The Labute approximate surface area is 110 Å².